The summed E-state index contributed by atoms with van der Waals surface area (Å²) >= 11 is 5.97. The van der Waals surface area contributed by atoms with Crippen molar-refractivity contribution in [2.45, 2.75) is 6.10 Å². The van der Waals surface area contributed by atoms with Crippen LogP contribution in [0.15, 0.2) is 48.5 Å². The van der Waals surface area contributed by atoms with E-state index < -0.39 is 0 Å². The number of benzene rings is 2. The highest BCUT2D eigenvalue weighted by Gasteiger charge is 2.38. The predicted molar refractivity (Wildman–Crippen MR) is 94.9 cm³/mol. The van der Waals surface area contributed by atoms with Crippen LogP contribution < -0.4 is 4.74 Å². The first-order chi connectivity index (χ1) is 10.6. The summed E-state index contributed by atoms with van der Waals surface area (Å²) in [4.78, 5) is 14.9. The van der Waals surface area contributed by atoms with Crippen molar-refractivity contribution in [3.8, 4) is 5.75 Å². The fraction of sp³-hybridized carbons (Fsp3) is 0.278. The lowest BCUT2D eigenvalue weighted by atomic mass is 9.85. The summed E-state index contributed by atoms with van der Waals surface area (Å²) in [6.45, 7) is 0.639. The van der Waals surface area contributed by atoms with E-state index in [1.807, 2.05) is 67.5 Å². The maximum atomic E-state index is 12.9. The fourth-order valence-electron chi connectivity index (χ4n) is 2.85. The Morgan fingerprint density at radius 3 is 2.39 bits per heavy atom. The Morgan fingerprint density at radius 1 is 1.09 bits per heavy atom. The quantitative estimate of drug-likeness (QED) is 0.827. The number of hydrogen-bond donors (Lipinski definition) is 0. The monoisotopic (exact) mass is 351 g/mol. The first-order valence-corrected chi connectivity index (χ1v) is 7.64. The molecule has 2 aromatic rings. The van der Waals surface area contributed by atoms with Gasteiger partial charge in [0.25, 0.3) is 0 Å². The van der Waals surface area contributed by atoms with Gasteiger partial charge >= 0.3 is 0 Å². The molecule has 5 heteroatoms. The van der Waals surface area contributed by atoms with Gasteiger partial charge in [0.15, 0.2) is 5.78 Å². The van der Waals surface area contributed by atoms with Crippen molar-refractivity contribution in [1.29, 1.82) is 0 Å². The normalized spacial score (nSPS) is 19.7. The summed E-state index contributed by atoms with van der Waals surface area (Å²) in [5.41, 5.74) is 1.64. The molecule has 23 heavy (non-hydrogen) atoms. The summed E-state index contributed by atoms with van der Waals surface area (Å²) in [5, 5.41) is 0.676. The lowest BCUT2D eigenvalue weighted by Gasteiger charge is -2.34. The predicted octanol–water partition coefficient (Wildman–Crippen LogP) is 4.26. The third-order valence-corrected chi connectivity index (χ3v) is 4.12. The number of carbonyl (C=O) groups is 1. The minimum Gasteiger partial charge on any atom is -0.484 e. The van der Waals surface area contributed by atoms with Crippen LogP contribution in [-0.4, -0.2) is 31.3 Å². The molecule has 0 amide bonds. The maximum absolute atomic E-state index is 12.9. The largest absolute Gasteiger partial charge is 0.484 e. The average molecular weight is 352 g/mol. The third-order valence-electron chi connectivity index (χ3n) is 3.87. The molecule has 0 bridgehead atoms. The molecule has 1 aliphatic heterocycles. The first kappa shape index (κ1) is 17.8. The van der Waals surface area contributed by atoms with Gasteiger partial charge in [-0.1, -0.05) is 35.9 Å². The molecular weight excluding hydrogens is 333 g/mol. The van der Waals surface area contributed by atoms with E-state index in [0.717, 1.165) is 5.56 Å². The summed E-state index contributed by atoms with van der Waals surface area (Å²) in [7, 11) is 3.93. The Hall–Kier alpha value is -1.55. The van der Waals surface area contributed by atoms with E-state index in [0.29, 0.717) is 22.9 Å². The number of para-hydroxylation sites is 1. The topological polar surface area (TPSA) is 29.5 Å². The van der Waals surface area contributed by atoms with Crippen molar-refractivity contribution in [3.05, 3.63) is 64.7 Å². The van der Waals surface area contributed by atoms with Gasteiger partial charge in [0.05, 0.1) is 11.5 Å². The van der Waals surface area contributed by atoms with Crippen LogP contribution in [0.25, 0.3) is 0 Å². The van der Waals surface area contributed by atoms with Crippen molar-refractivity contribution < 1.29 is 9.53 Å². The Kier molecular flexibility index (Phi) is 5.69. The SMILES string of the molecule is CN(C)CC1C(=O)c2ccccc2OC1c1ccc(Cl)cc1.Cl. The number of ketones is 1. The molecule has 1 heterocycles. The van der Waals surface area contributed by atoms with E-state index in [1.165, 1.54) is 0 Å². The molecule has 3 nitrogen and oxygen atoms in total. The number of nitrogens with zero attached hydrogens (tertiary/aromatic N) is 1. The minimum absolute atomic E-state index is 0. The highest BCUT2D eigenvalue weighted by molar-refractivity contribution is 6.30. The Labute approximate surface area is 147 Å². The number of hydrogen-bond acceptors (Lipinski definition) is 3. The molecule has 0 fully saturated rings. The van der Waals surface area contributed by atoms with Crippen LogP contribution in [0, 0.1) is 5.92 Å². The van der Waals surface area contributed by atoms with Crippen LogP contribution in [0.1, 0.15) is 22.0 Å². The standard InChI is InChI=1S/C18H18ClNO2.ClH/c1-20(2)11-15-17(21)14-5-3-4-6-16(14)22-18(15)12-7-9-13(19)10-8-12;/h3-10,15,18H,11H2,1-2H3;1H. The van der Waals surface area contributed by atoms with Crippen LogP contribution in [0.2, 0.25) is 5.02 Å². The highest BCUT2D eigenvalue weighted by Crippen LogP contribution is 2.39. The van der Waals surface area contributed by atoms with Crippen LogP contribution >= 0.6 is 24.0 Å². The van der Waals surface area contributed by atoms with Crippen LogP contribution in [-0.2, 0) is 0 Å². The summed E-state index contributed by atoms with van der Waals surface area (Å²) < 4.78 is 6.15. The lowest BCUT2D eigenvalue weighted by Crippen LogP contribution is -2.38. The van der Waals surface area contributed by atoms with Crippen LogP contribution in [0.3, 0.4) is 0 Å². The van der Waals surface area contributed by atoms with Gasteiger partial charge in [-0.2, -0.15) is 0 Å². The smallest absolute Gasteiger partial charge is 0.175 e. The van der Waals surface area contributed by atoms with Crippen molar-refractivity contribution >= 4 is 29.8 Å². The van der Waals surface area contributed by atoms with Crippen LogP contribution in [0.4, 0.5) is 0 Å². The van der Waals surface area contributed by atoms with E-state index in [-0.39, 0.29) is 30.2 Å². The fourth-order valence-corrected chi connectivity index (χ4v) is 2.98. The lowest BCUT2D eigenvalue weighted by molar-refractivity contribution is 0.0594. The zero-order valence-electron chi connectivity index (χ0n) is 13.0. The number of Topliss-reactive ketones (excluding diaryl/α,β-unsaturated/α-hetero) is 1. The summed E-state index contributed by atoms with van der Waals surface area (Å²) in [6.07, 6.45) is -0.290. The molecule has 0 saturated carbocycles. The second kappa shape index (κ2) is 7.35. The maximum Gasteiger partial charge on any atom is 0.175 e. The molecule has 3 rings (SSSR count). The van der Waals surface area contributed by atoms with Gasteiger partial charge in [0, 0.05) is 11.6 Å². The molecule has 0 aliphatic carbocycles. The number of halogens is 2. The number of rotatable bonds is 3. The average Bonchev–Trinajstić information content (AvgIpc) is 2.50. The molecule has 0 saturated heterocycles. The van der Waals surface area contributed by atoms with E-state index in [9.17, 15) is 4.79 Å². The van der Waals surface area contributed by atoms with Gasteiger partial charge in [-0.25, -0.2) is 0 Å². The van der Waals surface area contributed by atoms with E-state index in [1.54, 1.807) is 0 Å². The van der Waals surface area contributed by atoms with Gasteiger partial charge in [0.2, 0.25) is 0 Å². The van der Waals surface area contributed by atoms with E-state index >= 15 is 0 Å². The van der Waals surface area contributed by atoms with Crippen molar-refractivity contribution in [2.75, 3.05) is 20.6 Å². The second-order valence-electron chi connectivity index (χ2n) is 5.82. The Balaban J connectivity index is 0.00000192. The molecular formula is C18H19Cl2NO2. The molecule has 0 radical (unpaired) electrons. The Morgan fingerprint density at radius 2 is 1.74 bits per heavy atom. The van der Waals surface area contributed by atoms with Crippen LogP contribution in [0.5, 0.6) is 5.75 Å². The molecule has 2 unspecified atom stereocenters. The first-order valence-electron chi connectivity index (χ1n) is 7.26. The number of fused-ring (bicyclic) bond motifs is 1. The summed E-state index contributed by atoms with van der Waals surface area (Å²) in [6, 6.07) is 15.0. The van der Waals surface area contributed by atoms with Gasteiger partial charge in [-0.15, -0.1) is 12.4 Å². The molecule has 122 valence electrons. The van der Waals surface area contributed by atoms with E-state index in [2.05, 4.69) is 0 Å². The molecule has 0 spiro atoms. The number of carbonyl (C=O) groups excluding carboxylic acids is 1. The van der Waals surface area contributed by atoms with Gasteiger partial charge in [-0.3, -0.25) is 4.79 Å². The summed E-state index contributed by atoms with van der Waals surface area (Å²) in [5.74, 6) is 0.559. The molecule has 1 aliphatic rings. The van der Waals surface area contributed by atoms with E-state index in [4.69, 9.17) is 16.3 Å². The zero-order chi connectivity index (χ0) is 15.7. The van der Waals surface area contributed by atoms with Gasteiger partial charge in [-0.05, 0) is 43.9 Å². The minimum atomic E-state index is -0.290. The number of ether oxygens (including phenoxy) is 1. The van der Waals surface area contributed by atoms with Gasteiger partial charge in [0.1, 0.15) is 11.9 Å². The molecule has 0 aromatic heterocycles. The highest BCUT2D eigenvalue weighted by atomic mass is 35.5. The van der Waals surface area contributed by atoms with Gasteiger partial charge < -0.3 is 9.64 Å². The second-order valence-corrected chi connectivity index (χ2v) is 6.26. The Bertz CT molecular complexity index is 686. The molecule has 0 N–H and O–H groups in total. The molecule has 2 aromatic carbocycles. The van der Waals surface area contributed by atoms with Crippen molar-refractivity contribution in [3.63, 3.8) is 0 Å². The van der Waals surface area contributed by atoms with Crippen molar-refractivity contribution in [2.24, 2.45) is 5.92 Å². The molecule has 2 atom stereocenters. The van der Waals surface area contributed by atoms with Crippen molar-refractivity contribution in [1.82, 2.24) is 4.90 Å². The zero-order valence-corrected chi connectivity index (χ0v) is 14.6. The third kappa shape index (κ3) is 3.69.